The first kappa shape index (κ1) is 13.5. The molecule has 0 radical (unpaired) electrons. The molecule has 0 bridgehead atoms. The van der Waals surface area contributed by atoms with E-state index < -0.39 is 0 Å². The van der Waals surface area contributed by atoms with Crippen LogP contribution in [0.3, 0.4) is 0 Å². The Bertz CT molecular complexity index is 410. The van der Waals surface area contributed by atoms with Crippen LogP contribution in [0.4, 0.5) is 0 Å². The molecule has 0 saturated carbocycles. The fourth-order valence-electron chi connectivity index (χ4n) is 1.24. The first-order valence-corrected chi connectivity index (χ1v) is 6.46. The van der Waals surface area contributed by atoms with Gasteiger partial charge in [0.1, 0.15) is 5.15 Å². The van der Waals surface area contributed by atoms with Gasteiger partial charge in [-0.05, 0) is 36.6 Å². The Kier molecular flexibility index (Phi) is 5.78. The van der Waals surface area contributed by atoms with Crippen LogP contribution in [0.5, 0.6) is 0 Å². The number of hydrogen-bond acceptors (Lipinski definition) is 1. The van der Waals surface area contributed by atoms with Gasteiger partial charge in [0.15, 0.2) is 0 Å². The number of halogens is 2. The molecular weight excluding hydrogens is 286 g/mol. The minimum Gasteiger partial charge on any atom is -0.244 e. The van der Waals surface area contributed by atoms with Crippen molar-refractivity contribution in [2.75, 3.05) is 0 Å². The summed E-state index contributed by atoms with van der Waals surface area (Å²) >= 11 is 9.31. The van der Waals surface area contributed by atoms with Crippen molar-refractivity contribution in [1.29, 1.82) is 0 Å². The fraction of sp³-hybridized carbons (Fsp3) is 0.308. The number of rotatable bonds is 4. The monoisotopic (exact) mass is 299 g/mol. The van der Waals surface area contributed by atoms with Crippen molar-refractivity contribution in [2.24, 2.45) is 0 Å². The average Bonchev–Trinajstić information content (AvgIpc) is 2.23. The highest BCUT2D eigenvalue weighted by Crippen LogP contribution is 2.18. The van der Waals surface area contributed by atoms with E-state index in [2.05, 4.69) is 40.0 Å². The van der Waals surface area contributed by atoms with Crippen LogP contribution in [0, 0.1) is 6.92 Å². The topological polar surface area (TPSA) is 12.9 Å². The zero-order valence-electron chi connectivity index (χ0n) is 9.50. The van der Waals surface area contributed by atoms with Gasteiger partial charge < -0.3 is 0 Å². The lowest BCUT2D eigenvalue weighted by Gasteiger charge is -2.00. The summed E-state index contributed by atoms with van der Waals surface area (Å²) < 4.78 is 1.05. The predicted octanol–water partition coefficient (Wildman–Crippen LogP) is 5.14. The van der Waals surface area contributed by atoms with Crippen molar-refractivity contribution in [2.45, 2.75) is 26.7 Å². The lowest BCUT2D eigenvalue weighted by Crippen LogP contribution is -1.84. The summed E-state index contributed by atoms with van der Waals surface area (Å²) in [5.74, 6) is 0. The maximum Gasteiger partial charge on any atom is 0.129 e. The Morgan fingerprint density at radius 3 is 2.94 bits per heavy atom. The molecule has 16 heavy (non-hydrogen) atoms. The van der Waals surface area contributed by atoms with Crippen LogP contribution in [-0.4, -0.2) is 4.98 Å². The summed E-state index contributed by atoms with van der Waals surface area (Å²) in [6.45, 7) is 4.19. The van der Waals surface area contributed by atoms with Crippen LogP contribution in [-0.2, 0) is 0 Å². The van der Waals surface area contributed by atoms with Crippen molar-refractivity contribution < 1.29 is 0 Å². The minimum absolute atomic E-state index is 0.535. The number of hydrogen-bond donors (Lipinski definition) is 0. The summed E-state index contributed by atoms with van der Waals surface area (Å²) in [7, 11) is 0. The molecule has 0 amide bonds. The first-order valence-electron chi connectivity index (χ1n) is 5.29. The van der Waals surface area contributed by atoms with Gasteiger partial charge in [0.25, 0.3) is 0 Å². The Morgan fingerprint density at radius 2 is 2.31 bits per heavy atom. The van der Waals surface area contributed by atoms with Crippen molar-refractivity contribution >= 4 is 33.6 Å². The molecule has 1 aromatic heterocycles. The zero-order valence-corrected chi connectivity index (χ0v) is 11.8. The number of nitrogens with zero attached hydrogens (tertiary/aromatic N) is 1. The zero-order chi connectivity index (χ0) is 12.0. The van der Waals surface area contributed by atoms with Crippen LogP contribution in [0.25, 0.3) is 6.08 Å². The molecule has 1 nitrogen and oxygen atoms in total. The van der Waals surface area contributed by atoms with Gasteiger partial charge in [-0.2, -0.15) is 0 Å². The second-order valence-corrected chi connectivity index (χ2v) is 4.89. The predicted molar refractivity (Wildman–Crippen MR) is 74.9 cm³/mol. The van der Waals surface area contributed by atoms with Crippen LogP contribution in [0.15, 0.2) is 28.9 Å². The molecule has 0 atom stereocenters. The smallest absolute Gasteiger partial charge is 0.129 e. The van der Waals surface area contributed by atoms with E-state index in [0.717, 1.165) is 28.5 Å². The molecule has 0 aromatic carbocycles. The quantitative estimate of drug-likeness (QED) is 0.554. The maximum atomic E-state index is 5.80. The molecule has 1 rings (SSSR count). The molecular formula is C13H15BrClN. The lowest BCUT2D eigenvalue weighted by atomic mass is 10.1. The molecule has 86 valence electrons. The van der Waals surface area contributed by atoms with Gasteiger partial charge in [0.2, 0.25) is 0 Å². The fourth-order valence-corrected chi connectivity index (χ4v) is 1.89. The first-order chi connectivity index (χ1) is 7.63. The minimum atomic E-state index is 0.535. The Balaban J connectivity index is 2.81. The molecule has 0 fully saturated rings. The van der Waals surface area contributed by atoms with Crippen molar-refractivity contribution in [3.05, 3.63) is 45.2 Å². The van der Waals surface area contributed by atoms with Gasteiger partial charge in [-0.15, -0.1) is 0 Å². The van der Waals surface area contributed by atoms with E-state index in [1.807, 2.05) is 19.1 Å². The molecule has 0 aliphatic heterocycles. The molecule has 1 aromatic rings. The van der Waals surface area contributed by atoms with Crippen LogP contribution in [0.2, 0.25) is 5.15 Å². The van der Waals surface area contributed by atoms with E-state index in [1.165, 1.54) is 0 Å². The van der Waals surface area contributed by atoms with E-state index in [1.54, 1.807) is 6.20 Å². The molecule has 0 unspecified atom stereocenters. The third-order valence-corrected chi connectivity index (χ3v) is 2.84. The normalized spacial score (nSPS) is 12.4. The van der Waals surface area contributed by atoms with E-state index in [0.29, 0.717) is 5.15 Å². The summed E-state index contributed by atoms with van der Waals surface area (Å²) in [6, 6.07) is 1.86. The van der Waals surface area contributed by atoms with Crippen molar-refractivity contribution in [1.82, 2.24) is 4.98 Å². The van der Waals surface area contributed by atoms with Crippen molar-refractivity contribution in [3.63, 3.8) is 0 Å². The molecule has 0 spiro atoms. The highest BCUT2D eigenvalue weighted by Gasteiger charge is 1.97. The van der Waals surface area contributed by atoms with E-state index in [4.69, 9.17) is 11.6 Å². The number of pyridine rings is 1. The number of allylic oxidation sites excluding steroid dienone is 3. The van der Waals surface area contributed by atoms with Gasteiger partial charge in [0, 0.05) is 10.7 Å². The standard InChI is InChI=1S/C13H15BrClN/c1-3-4-5-6-12(14)8-11-9-16-13(15)7-10(11)2/h5-9H,3-4H2,1-2H3/b6-5+,12-8+. The van der Waals surface area contributed by atoms with Gasteiger partial charge in [-0.3, -0.25) is 0 Å². The van der Waals surface area contributed by atoms with Gasteiger partial charge >= 0.3 is 0 Å². The van der Waals surface area contributed by atoms with Crippen LogP contribution in [0.1, 0.15) is 30.9 Å². The van der Waals surface area contributed by atoms with Gasteiger partial charge in [-0.1, -0.05) is 53.0 Å². The summed E-state index contributed by atoms with van der Waals surface area (Å²) in [6.07, 6.45) is 10.3. The second-order valence-electron chi connectivity index (χ2n) is 3.58. The van der Waals surface area contributed by atoms with Crippen LogP contribution < -0.4 is 0 Å². The average molecular weight is 301 g/mol. The largest absolute Gasteiger partial charge is 0.244 e. The maximum absolute atomic E-state index is 5.80. The van der Waals surface area contributed by atoms with Gasteiger partial charge in [0.05, 0.1) is 0 Å². The van der Waals surface area contributed by atoms with Gasteiger partial charge in [-0.25, -0.2) is 4.98 Å². The Hall–Kier alpha value is -0.600. The van der Waals surface area contributed by atoms with E-state index >= 15 is 0 Å². The van der Waals surface area contributed by atoms with E-state index in [9.17, 15) is 0 Å². The molecule has 0 aliphatic rings. The second kappa shape index (κ2) is 6.87. The lowest BCUT2D eigenvalue weighted by molar-refractivity contribution is 0.959. The summed E-state index contributed by atoms with van der Waals surface area (Å²) in [5.41, 5.74) is 2.21. The summed E-state index contributed by atoms with van der Waals surface area (Å²) in [4.78, 5) is 4.07. The molecule has 3 heteroatoms. The molecule has 0 N–H and O–H groups in total. The third kappa shape index (κ3) is 4.50. The number of unbranched alkanes of at least 4 members (excludes halogenated alkanes) is 1. The Labute approximate surface area is 110 Å². The third-order valence-electron chi connectivity index (χ3n) is 2.14. The van der Waals surface area contributed by atoms with Crippen molar-refractivity contribution in [3.8, 4) is 0 Å². The molecule has 1 heterocycles. The highest BCUT2D eigenvalue weighted by molar-refractivity contribution is 9.12. The molecule has 0 saturated heterocycles. The SMILES string of the molecule is CCC/C=C/C(Br)=C\c1cnc(Cl)cc1C. The van der Waals surface area contributed by atoms with Crippen LogP contribution >= 0.6 is 27.5 Å². The number of aryl methyl sites for hydroxylation is 1. The van der Waals surface area contributed by atoms with E-state index in [-0.39, 0.29) is 0 Å². The number of aromatic nitrogens is 1. The Morgan fingerprint density at radius 1 is 1.56 bits per heavy atom. The molecule has 0 aliphatic carbocycles. The summed E-state index contributed by atoms with van der Waals surface area (Å²) in [5, 5.41) is 0.535. The highest BCUT2D eigenvalue weighted by atomic mass is 79.9.